The van der Waals surface area contributed by atoms with Crippen LogP contribution in [0.3, 0.4) is 0 Å². The summed E-state index contributed by atoms with van der Waals surface area (Å²) in [5, 5.41) is 0. The normalized spacial score (nSPS) is 16.2. The summed E-state index contributed by atoms with van der Waals surface area (Å²) >= 11 is 0. The Morgan fingerprint density at radius 3 is 2.50 bits per heavy atom. The first kappa shape index (κ1) is 14.3. The van der Waals surface area contributed by atoms with Crippen LogP contribution in [0.4, 0.5) is 0 Å². The Balaban J connectivity index is 2.40. The number of terminal acetylenes is 2. The van der Waals surface area contributed by atoms with Gasteiger partial charge in [0.1, 0.15) is 6.61 Å². The summed E-state index contributed by atoms with van der Waals surface area (Å²) in [7, 11) is 0. The van der Waals surface area contributed by atoms with Gasteiger partial charge in [0.25, 0.3) is 0 Å². The molecule has 0 saturated heterocycles. The van der Waals surface area contributed by atoms with Gasteiger partial charge in [-0.3, -0.25) is 0 Å². The molecule has 2 rings (SSSR count). The lowest BCUT2D eigenvalue weighted by molar-refractivity contribution is -0.0432. The summed E-state index contributed by atoms with van der Waals surface area (Å²) in [6.07, 6.45) is 10.4. The fourth-order valence-electron chi connectivity index (χ4n) is 2.11. The lowest BCUT2D eigenvalue weighted by Crippen LogP contribution is -2.29. The van der Waals surface area contributed by atoms with Gasteiger partial charge in [0.15, 0.2) is 11.5 Å². The molecule has 4 nitrogen and oxygen atoms in total. The Morgan fingerprint density at radius 1 is 1.30 bits per heavy atom. The van der Waals surface area contributed by atoms with E-state index in [1.165, 1.54) is 0 Å². The highest BCUT2D eigenvalue weighted by Crippen LogP contribution is 2.42. The van der Waals surface area contributed by atoms with Gasteiger partial charge >= 0.3 is 0 Å². The van der Waals surface area contributed by atoms with Crippen LogP contribution in [0, 0.1) is 24.7 Å². The van der Waals surface area contributed by atoms with Crippen LogP contribution in [0.15, 0.2) is 12.1 Å². The smallest absolute Gasteiger partial charge is 0.246 e. The van der Waals surface area contributed by atoms with Crippen LogP contribution in [-0.2, 0) is 4.74 Å². The van der Waals surface area contributed by atoms with Gasteiger partial charge in [-0.05, 0) is 6.07 Å². The molecule has 0 radical (unpaired) electrons. The molecule has 0 amide bonds. The minimum atomic E-state index is -0.704. The summed E-state index contributed by atoms with van der Waals surface area (Å²) < 4.78 is 16.9. The monoisotopic (exact) mass is 271 g/mol. The molecule has 1 aromatic carbocycles. The van der Waals surface area contributed by atoms with Gasteiger partial charge in [0.2, 0.25) is 5.79 Å². The predicted octanol–water partition coefficient (Wildman–Crippen LogP) is 1.82. The molecule has 1 aliphatic rings. The fourth-order valence-corrected chi connectivity index (χ4v) is 2.11. The van der Waals surface area contributed by atoms with Crippen LogP contribution >= 0.6 is 0 Å². The summed E-state index contributed by atoms with van der Waals surface area (Å²) in [5.41, 5.74) is 7.18. The molecule has 0 fully saturated rings. The second-order valence-electron chi connectivity index (χ2n) is 4.87. The van der Waals surface area contributed by atoms with Crippen LogP contribution < -0.4 is 15.2 Å². The Morgan fingerprint density at radius 2 is 1.95 bits per heavy atom. The first-order valence-corrected chi connectivity index (χ1v) is 6.28. The molecule has 2 N–H and O–H groups in total. The molecule has 1 aliphatic heterocycles. The molecule has 1 atom stereocenters. The third-order valence-corrected chi connectivity index (χ3v) is 2.91. The van der Waals surface area contributed by atoms with E-state index in [0.717, 1.165) is 5.56 Å². The van der Waals surface area contributed by atoms with Crippen LogP contribution in [0.25, 0.3) is 0 Å². The lowest BCUT2D eigenvalue weighted by atomic mass is 10.0. The van der Waals surface area contributed by atoms with Crippen molar-refractivity contribution in [2.24, 2.45) is 5.73 Å². The number of hydrogen-bond acceptors (Lipinski definition) is 4. The molecule has 0 spiro atoms. The molecule has 0 bridgehead atoms. The molecule has 0 saturated carbocycles. The Bertz CT molecular complexity index is 593. The van der Waals surface area contributed by atoms with Crippen LogP contribution in [0.1, 0.15) is 31.1 Å². The van der Waals surface area contributed by atoms with E-state index in [-0.39, 0.29) is 19.3 Å². The van der Waals surface area contributed by atoms with E-state index in [0.29, 0.717) is 17.1 Å². The molecule has 0 aliphatic carbocycles. The molecule has 4 heteroatoms. The molecule has 0 aromatic heterocycles. The highest BCUT2D eigenvalue weighted by Gasteiger charge is 2.33. The number of rotatable bonds is 4. The van der Waals surface area contributed by atoms with Crippen molar-refractivity contribution < 1.29 is 14.2 Å². The largest absolute Gasteiger partial charge is 0.449 e. The van der Waals surface area contributed by atoms with Gasteiger partial charge in [-0.1, -0.05) is 11.8 Å². The van der Waals surface area contributed by atoms with E-state index < -0.39 is 5.79 Å². The Labute approximate surface area is 119 Å². The van der Waals surface area contributed by atoms with Gasteiger partial charge in [-0.2, -0.15) is 0 Å². The average molecular weight is 271 g/mol. The second kappa shape index (κ2) is 5.46. The minimum Gasteiger partial charge on any atom is -0.449 e. The lowest BCUT2D eigenvalue weighted by Gasteiger charge is -2.17. The number of hydrogen-bond donors (Lipinski definition) is 1. The first-order valence-electron chi connectivity index (χ1n) is 6.28. The highest BCUT2D eigenvalue weighted by molar-refractivity contribution is 5.55. The number of benzene rings is 1. The van der Waals surface area contributed by atoms with Crippen molar-refractivity contribution in [3.8, 4) is 36.2 Å². The number of ether oxygens (including phenoxy) is 3. The highest BCUT2D eigenvalue weighted by atomic mass is 16.7. The van der Waals surface area contributed by atoms with E-state index in [1.807, 2.05) is 19.9 Å². The van der Waals surface area contributed by atoms with Crippen molar-refractivity contribution in [3.05, 3.63) is 23.3 Å². The summed E-state index contributed by atoms with van der Waals surface area (Å²) in [4.78, 5) is 0. The van der Waals surface area contributed by atoms with E-state index in [9.17, 15) is 0 Å². The zero-order chi connectivity index (χ0) is 14.8. The van der Waals surface area contributed by atoms with Gasteiger partial charge in [0.05, 0.1) is 6.10 Å². The fraction of sp³-hybridized carbons (Fsp3) is 0.375. The SMILES string of the molecule is C#CCOC(CN)c1cc2c(cc1C#C)OC(C)(C)O2. The second-order valence-corrected chi connectivity index (χ2v) is 4.87. The van der Waals surface area contributed by atoms with Crippen molar-refractivity contribution in [2.45, 2.75) is 25.7 Å². The maximum atomic E-state index is 5.73. The third kappa shape index (κ3) is 2.72. The predicted molar refractivity (Wildman–Crippen MR) is 76.3 cm³/mol. The molecular weight excluding hydrogens is 254 g/mol. The third-order valence-electron chi connectivity index (χ3n) is 2.91. The maximum Gasteiger partial charge on any atom is 0.246 e. The Kier molecular flexibility index (Phi) is 3.90. The van der Waals surface area contributed by atoms with Crippen LogP contribution in [0.2, 0.25) is 0 Å². The van der Waals surface area contributed by atoms with E-state index >= 15 is 0 Å². The van der Waals surface area contributed by atoms with Crippen LogP contribution in [-0.4, -0.2) is 18.9 Å². The van der Waals surface area contributed by atoms with Crippen molar-refractivity contribution in [3.63, 3.8) is 0 Å². The molecule has 1 unspecified atom stereocenters. The van der Waals surface area contributed by atoms with Crippen molar-refractivity contribution >= 4 is 0 Å². The number of fused-ring (bicyclic) bond motifs is 1. The minimum absolute atomic E-state index is 0.172. The molecular formula is C16H17NO3. The first-order chi connectivity index (χ1) is 9.50. The zero-order valence-electron chi connectivity index (χ0n) is 11.6. The van der Waals surface area contributed by atoms with Crippen molar-refractivity contribution in [1.82, 2.24) is 0 Å². The van der Waals surface area contributed by atoms with Crippen molar-refractivity contribution in [2.75, 3.05) is 13.2 Å². The average Bonchev–Trinajstić information content (AvgIpc) is 2.71. The van der Waals surface area contributed by atoms with Gasteiger partial charge < -0.3 is 19.9 Å². The molecule has 20 heavy (non-hydrogen) atoms. The zero-order valence-corrected chi connectivity index (χ0v) is 11.6. The summed E-state index contributed by atoms with van der Waals surface area (Å²) in [6, 6.07) is 3.58. The summed E-state index contributed by atoms with van der Waals surface area (Å²) in [6.45, 7) is 4.11. The Hall–Kier alpha value is -2.14. The van der Waals surface area contributed by atoms with Gasteiger partial charge in [-0.15, -0.1) is 12.8 Å². The van der Waals surface area contributed by atoms with Gasteiger partial charge in [0, 0.05) is 37.6 Å². The molecule has 104 valence electrons. The van der Waals surface area contributed by atoms with E-state index in [1.54, 1.807) is 6.07 Å². The van der Waals surface area contributed by atoms with Crippen LogP contribution in [0.5, 0.6) is 11.5 Å². The number of nitrogens with two attached hydrogens (primary N) is 1. The standard InChI is InChI=1S/C16H17NO3/c1-5-7-18-15(10-17)12-9-14-13(8-11(12)6-2)19-16(3,4)20-14/h1-2,8-9,15H,7,10,17H2,3-4H3. The van der Waals surface area contributed by atoms with E-state index in [2.05, 4.69) is 11.8 Å². The van der Waals surface area contributed by atoms with Gasteiger partial charge in [-0.25, -0.2) is 0 Å². The quantitative estimate of drug-likeness (QED) is 0.849. The van der Waals surface area contributed by atoms with E-state index in [4.69, 9.17) is 32.8 Å². The molecule has 1 aromatic rings. The topological polar surface area (TPSA) is 53.7 Å². The van der Waals surface area contributed by atoms with Crippen molar-refractivity contribution in [1.29, 1.82) is 0 Å². The summed E-state index contributed by atoms with van der Waals surface area (Å²) in [5.74, 6) is 5.59. The molecule has 1 heterocycles. The maximum absolute atomic E-state index is 5.73.